The Morgan fingerprint density at radius 1 is 1.37 bits per heavy atom. The Balaban J connectivity index is 0.00000180. The Hall–Kier alpha value is -0.980. The predicted octanol–water partition coefficient (Wildman–Crippen LogP) is 2.32. The Bertz CT molecular complexity index is 419. The van der Waals surface area contributed by atoms with Crippen LogP contribution in [0.1, 0.15) is 18.4 Å². The fourth-order valence-electron chi connectivity index (χ4n) is 1.66. The Morgan fingerprint density at radius 2 is 2.11 bits per heavy atom. The summed E-state index contributed by atoms with van der Waals surface area (Å²) >= 11 is 0. The van der Waals surface area contributed by atoms with Gasteiger partial charge in [-0.2, -0.15) is 0 Å². The van der Waals surface area contributed by atoms with Gasteiger partial charge in [-0.3, -0.25) is 4.99 Å². The molecule has 0 atom stereocenters. The number of nitrogens with zero attached hydrogens (tertiary/aromatic N) is 1. The van der Waals surface area contributed by atoms with Crippen LogP contribution in [0.5, 0.6) is 5.75 Å². The van der Waals surface area contributed by atoms with Crippen molar-refractivity contribution in [2.24, 2.45) is 4.99 Å². The highest BCUT2D eigenvalue weighted by Crippen LogP contribution is 2.18. The Labute approximate surface area is 132 Å². The van der Waals surface area contributed by atoms with Gasteiger partial charge >= 0.3 is 0 Å². The van der Waals surface area contributed by atoms with Crippen LogP contribution in [0, 0.1) is 6.92 Å². The minimum absolute atomic E-state index is 0. The van der Waals surface area contributed by atoms with Gasteiger partial charge in [0.2, 0.25) is 0 Å². The van der Waals surface area contributed by atoms with Crippen LogP contribution < -0.4 is 15.4 Å². The van der Waals surface area contributed by atoms with E-state index in [4.69, 9.17) is 4.74 Å². The van der Waals surface area contributed by atoms with Crippen LogP contribution in [0.4, 0.5) is 0 Å². The highest BCUT2D eigenvalue weighted by Gasteiger charge is 2.21. The van der Waals surface area contributed by atoms with E-state index in [0.29, 0.717) is 12.6 Å². The van der Waals surface area contributed by atoms with Crippen LogP contribution in [0.2, 0.25) is 0 Å². The summed E-state index contributed by atoms with van der Waals surface area (Å²) in [5.74, 6) is 1.82. The summed E-state index contributed by atoms with van der Waals surface area (Å²) in [6.07, 6.45) is 2.50. The van der Waals surface area contributed by atoms with Crippen LogP contribution in [-0.2, 0) is 0 Å². The molecule has 0 aliphatic heterocycles. The van der Waals surface area contributed by atoms with Gasteiger partial charge in [-0.25, -0.2) is 0 Å². The van der Waals surface area contributed by atoms with E-state index < -0.39 is 0 Å². The Kier molecular flexibility index (Phi) is 6.97. The molecule has 0 amide bonds. The topological polar surface area (TPSA) is 45.7 Å². The van der Waals surface area contributed by atoms with Gasteiger partial charge in [0.15, 0.2) is 5.96 Å². The lowest BCUT2D eigenvalue weighted by molar-refractivity contribution is 0.320. The van der Waals surface area contributed by atoms with E-state index in [1.165, 1.54) is 12.8 Å². The SMILES string of the molecule is CN=C(NCCOc1ccccc1C)NC1CC1.I. The van der Waals surface area contributed by atoms with E-state index in [-0.39, 0.29) is 24.0 Å². The first kappa shape index (κ1) is 16.1. The van der Waals surface area contributed by atoms with Crippen LogP contribution in [0.3, 0.4) is 0 Å². The van der Waals surface area contributed by atoms with E-state index in [1.54, 1.807) is 7.05 Å². The molecule has 1 fully saturated rings. The lowest BCUT2D eigenvalue weighted by Gasteiger charge is -2.12. The molecular weight excluding hydrogens is 353 g/mol. The van der Waals surface area contributed by atoms with Crippen LogP contribution >= 0.6 is 24.0 Å². The normalized spacial score (nSPS) is 14.5. The molecule has 0 saturated heterocycles. The van der Waals surface area contributed by atoms with Crippen molar-refractivity contribution in [1.82, 2.24) is 10.6 Å². The number of hydrogen-bond acceptors (Lipinski definition) is 2. The monoisotopic (exact) mass is 375 g/mol. The van der Waals surface area contributed by atoms with Gasteiger partial charge in [-0.15, -0.1) is 24.0 Å². The summed E-state index contributed by atoms with van der Waals surface area (Å²) in [5, 5.41) is 6.58. The number of halogens is 1. The molecule has 1 aromatic rings. The van der Waals surface area contributed by atoms with Crippen LogP contribution in [0.15, 0.2) is 29.3 Å². The maximum Gasteiger partial charge on any atom is 0.191 e. The zero-order valence-electron chi connectivity index (χ0n) is 11.5. The van der Waals surface area contributed by atoms with E-state index in [0.717, 1.165) is 23.8 Å². The zero-order valence-corrected chi connectivity index (χ0v) is 13.8. The highest BCUT2D eigenvalue weighted by atomic mass is 127. The zero-order chi connectivity index (χ0) is 12.8. The number of rotatable bonds is 5. The third-order valence-corrected chi connectivity index (χ3v) is 2.89. The second kappa shape index (κ2) is 8.24. The minimum Gasteiger partial charge on any atom is -0.491 e. The molecule has 1 aliphatic rings. The first-order chi connectivity index (χ1) is 8.79. The summed E-state index contributed by atoms with van der Waals surface area (Å²) in [4.78, 5) is 4.17. The molecule has 19 heavy (non-hydrogen) atoms. The number of para-hydroxylation sites is 1. The molecule has 2 N–H and O–H groups in total. The molecule has 2 rings (SSSR count). The molecule has 106 valence electrons. The molecule has 0 spiro atoms. The van der Waals surface area contributed by atoms with Crippen molar-refractivity contribution >= 4 is 29.9 Å². The third kappa shape index (κ3) is 5.67. The van der Waals surface area contributed by atoms with Crippen molar-refractivity contribution in [3.05, 3.63) is 29.8 Å². The average Bonchev–Trinajstić information content (AvgIpc) is 3.19. The number of hydrogen-bond donors (Lipinski definition) is 2. The van der Waals surface area contributed by atoms with E-state index >= 15 is 0 Å². The van der Waals surface area contributed by atoms with Crippen molar-refractivity contribution in [2.45, 2.75) is 25.8 Å². The molecule has 0 heterocycles. The lowest BCUT2D eigenvalue weighted by atomic mass is 10.2. The molecular formula is C14H22IN3O. The molecule has 0 unspecified atom stereocenters. The van der Waals surface area contributed by atoms with Gasteiger partial charge < -0.3 is 15.4 Å². The number of nitrogens with one attached hydrogen (secondary N) is 2. The standard InChI is InChI=1S/C14H21N3O.HI/c1-11-5-3-4-6-13(11)18-10-9-16-14(15-2)17-12-7-8-12;/h3-6,12H,7-10H2,1-2H3,(H2,15,16,17);1H. The van der Waals surface area contributed by atoms with Gasteiger partial charge in [0.25, 0.3) is 0 Å². The Morgan fingerprint density at radius 3 is 2.74 bits per heavy atom. The summed E-state index contributed by atoms with van der Waals surface area (Å²) in [6, 6.07) is 8.67. The summed E-state index contributed by atoms with van der Waals surface area (Å²) in [5.41, 5.74) is 1.16. The molecule has 1 saturated carbocycles. The van der Waals surface area contributed by atoms with Crippen LogP contribution in [0.25, 0.3) is 0 Å². The van der Waals surface area contributed by atoms with Crippen LogP contribution in [-0.4, -0.2) is 32.2 Å². The van der Waals surface area contributed by atoms with Gasteiger partial charge in [-0.05, 0) is 31.4 Å². The molecule has 1 aliphatic carbocycles. The molecule has 5 heteroatoms. The fraction of sp³-hybridized carbons (Fsp3) is 0.500. The molecule has 0 aromatic heterocycles. The summed E-state index contributed by atoms with van der Waals surface area (Å²) in [6.45, 7) is 3.44. The van der Waals surface area contributed by atoms with Gasteiger partial charge in [0.1, 0.15) is 12.4 Å². The first-order valence-corrected chi connectivity index (χ1v) is 6.45. The van der Waals surface area contributed by atoms with Gasteiger partial charge in [-0.1, -0.05) is 18.2 Å². The quantitative estimate of drug-likeness (QED) is 0.359. The lowest BCUT2D eigenvalue weighted by Crippen LogP contribution is -2.40. The molecule has 1 aromatic carbocycles. The van der Waals surface area contributed by atoms with Crippen molar-refractivity contribution in [2.75, 3.05) is 20.2 Å². The maximum atomic E-state index is 5.71. The van der Waals surface area contributed by atoms with E-state index in [1.807, 2.05) is 18.2 Å². The minimum atomic E-state index is 0. The molecule has 4 nitrogen and oxygen atoms in total. The summed E-state index contributed by atoms with van der Waals surface area (Å²) in [7, 11) is 1.79. The second-order valence-corrected chi connectivity index (χ2v) is 4.53. The van der Waals surface area contributed by atoms with Gasteiger partial charge in [0.05, 0.1) is 6.54 Å². The number of ether oxygens (including phenoxy) is 1. The fourth-order valence-corrected chi connectivity index (χ4v) is 1.66. The van der Waals surface area contributed by atoms with E-state index in [9.17, 15) is 0 Å². The number of guanidine groups is 1. The molecule has 0 bridgehead atoms. The number of benzene rings is 1. The van der Waals surface area contributed by atoms with Gasteiger partial charge in [0, 0.05) is 13.1 Å². The van der Waals surface area contributed by atoms with E-state index in [2.05, 4.69) is 28.6 Å². The third-order valence-electron chi connectivity index (χ3n) is 2.89. The predicted molar refractivity (Wildman–Crippen MR) is 89.6 cm³/mol. The first-order valence-electron chi connectivity index (χ1n) is 6.45. The largest absolute Gasteiger partial charge is 0.491 e. The van der Waals surface area contributed by atoms with Crippen molar-refractivity contribution in [3.63, 3.8) is 0 Å². The maximum absolute atomic E-state index is 5.71. The van der Waals surface area contributed by atoms with Crippen molar-refractivity contribution in [3.8, 4) is 5.75 Å². The smallest absolute Gasteiger partial charge is 0.191 e. The van der Waals surface area contributed by atoms with Crippen molar-refractivity contribution < 1.29 is 4.74 Å². The average molecular weight is 375 g/mol. The highest BCUT2D eigenvalue weighted by molar-refractivity contribution is 14.0. The second-order valence-electron chi connectivity index (χ2n) is 4.53. The molecule has 0 radical (unpaired) electrons. The van der Waals surface area contributed by atoms with Crippen molar-refractivity contribution in [1.29, 1.82) is 0 Å². The number of aryl methyl sites for hydroxylation is 1. The number of aliphatic imine (C=N–C) groups is 1. The summed E-state index contributed by atoms with van der Waals surface area (Å²) < 4.78 is 5.71.